The van der Waals surface area contributed by atoms with Gasteiger partial charge in [-0.2, -0.15) is 0 Å². The van der Waals surface area contributed by atoms with E-state index in [9.17, 15) is 4.79 Å². The highest BCUT2D eigenvalue weighted by Crippen LogP contribution is 2.22. The van der Waals surface area contributed by atoms with Crippen molar-refractivity contribution in [1.82, 2.24) is 19.7 Å². The minimum absolute atomic E-state index is 0.100. The molecule has 0 saturated carbocycles. The molecule has 0 atom stereocenters. The number of thioether (sulfide) groups is 1. The van der Waals surface area contributed by atoms with Gasteiger partial charge in [0.1, 0.15) is 5.82 Å². The highest BCUT2D eigenvalue weighted by Gasteiger charge is 2.18. The van der Waals surface area contributed by atoms with Crippen molar-refractivity contribution in [3.8, 4) is 0 Å². The lowest BCUT2D eigenvalue weighted by Crippen LogP contribution is -2.27. The molecular formula is C13H21N5OS. The van der Waals surface area contributed by atoms with Crippen LogP contribution < -0.4 is 5.73 Å². The zero-order valence-corrected chi connectivity index (χ0v) is 12.8. The van der Waals surface area contributed by atoms with Gasteiger partial charge in [-0.25, -0.2) is 0 Å². The fourth-order valence-electron chi connectivity index (χ4n) is 2.24. The average Bonchev–Trinajstić information content (AvgIpc) is 3.12. The maximum Gasteiger partial charge on any atom is 0.236 e. The molecule has 6 nitrogen and oxygen atoms in total. The van der Waals surface area contributed by atoms with Crippen LogP contribution in [0.25, 0.3) is 0 Å². The second kappa shape index (κ2) is 6.90. The first-order chi connectivity index (χ1) is 9.67. The van der Waals surface area contributed by atoms with Gasteiger partial charge in [0.05, 0.1) is 12.3 Å². The minimum Gasteiger partial charge on any atom is -0.324 e. The van der Waals surface area contributed by atoms with E-state index in [-0.39, 0.29) is 5.91 Å². The molecule has 2 rings (SSSR count). The summed E-state index contributed by atoms with van der Waals surface area (Å²) in [6.45, 7) is 3.14. The number of hydrogen-bond donors (Lipinski definition) is 1. The molecule has 20 heavy (non-hydrogen) atoms. The third-order valence-electron chi connectivity index (χ3n) is 3.44. The van der Waals surface area contributed by atoms with Crippen molar-refractivity contribution in [1.29, 1.82) is 0 Å². The lowest BCUT2D eigenvalue weighted by molar-refractivity contribution is -0.125. The molecule has 1 aliphatic carbocycles. The van der Waals surface area contributed by atoms with Crippen molar-refractivity contribution in [3.63, 3.8) is 0 Å². The van der Waals surface area contributed by atoms with Crippen molar-refractivity contribution in [2.75, 3.05) is 12.8 Å². The minimum atomic E-state index is 0.100. The molecule has 0 bridgehead atoms. The monoisotopic (exact) mass is 295 g/mol. The number of nitrogens with zero attached hydrogens (tertiary/aromatic N) is 4. The lowest BCUT2D eigenvalue weighted by atomic mass is 10.3. The van der Waals surface area contributed by atoms with E-state index in [1.54, 1.807) is 4.90 Å². The van der Waals surface area contributed by atoms with E-state index in [0.717, 1.165) is 42.5 Å². The van der Waals surface area contributed by atoms with Gasteiger partial charge in [-0.3, -0.25) is 4.79 Å². The molecule has 0 spiro atoms. The molecule has 0 saturated heterocycles. The van der Waals surface area contributed by atoms with Crippen LogP contribution in [0.5, 0.6) is 0 Å². The summed E-state index contributed by atoms with van der Waals surface area (Å²) in [6.07, 6.45) is 5.35. The number of rotatable bonds is 6. The topological polar surface area (TPSA) is 77.0 Å². The molecule has 0 radical (unpaired) electrons. The van der Waals surface area contributed by atoms with E-state index in [2.05, 4.69) is 16.3 Å². The highest BCUT2D eigenvalue weighted by molar-refractivity contribution is 7.99. The van der Waals surface area contributed by atoms with Gasteiger partial charge in [0.2, 0.25) is 5.91 Å². The average molecular weight is 295 g/mol. The lowest BCUT2D eigenvalue weighted by Gasteiger charge is -2.18. The summed E-state index contributed by atoms with van der Waals surface area (Å²) in [4.78, 5) is 13.9. The summed E-state index contributed by atoms with van der Waals surface area (Å²) < 4.78 is 1.95. The summed E-state index contributed by atoms with van der Waals surface area (Å²) in [5.74, 6) is 1.23. The smallest absolute Gasteiger partial charge is 0.236 e. The molecule has 2 N–H and O–H groups in total. The number of allylic oxidation sites excluding steroid dienone is 2. The van der Waals surface area contributed by atoms with Crippen molar-refractivity contribution in [3.05, 3.63) is 17.6 Å². The van der Waals surface area contributed by atoms with Crippen molar-refractivity contribution in [2.45, 2.75) is 44.4 Å². The Balaban J connectivity index is 1.94. The molecule has 7 heteroatoms. The fourth-order valence-corrected chi connectivity index (χ4v) is 3.17. The number of amides is 1. The number of nitrogens with two attached hydrogens (primary N) is 1. The summed E-state index contributed by atoms with van der Waals surface area (Å²) >= 11 is 1.42. The quantitative estimate of drug-likeness (QED) is 0.802. The Kier molecular flexibility index (Phi) is 5.19. The summed E-state index contributed by atoms with van der Waals surface area (Å²) in [5, 5.41) is 8.89. The fraction of sp³-hybridized carbons (Fsp3) is 0.615. The first-order valence-electron chi connectivity index (χ1n) is 6.87. The van der Waals surface area contributed by atoms with Crippen molar-refractivity contribution in [2.24, 2.45) is 5.73 Å². The highest BCUT2D eigenvalue weighted by atomic mass is 32.2. The van der Waals surface area contributed by atoms with Gasteiger partial charge < -0.3 is 15.2 Å². The maximum atomic E-state index is 12.2. The van der Waals surface area contributed by atoms with Gasteiger partial charge in [-0.05, 0) is 26.2 Å². The Morgan fingerprint density at radius 2 is 2.35 bits per heavy atom. The summed E-state index contributed by atoms with van der Waals surface area (Å²) in [6, 6.07) is 0. The van der Waals surface area contributed by atoms with E-state index in [0.29, 0.717) is 12.3 Å². The van der Waals surface area contributed by atoms with Crippen LogP contribution in [0.4, 0.5) is 0 Å². The second-order valence-corrected chi connectivity index (χ2v) is 5.62. The zero-order valence-electron chi connectivity index (χ0n) is 12.0. The molecule has 1 heterocycles. The molecule has 1 aromatic rings. The van der Waals surface area contributed by atoms with E-state index in [1.807, 2.05) is 18.5 Å². The predicted octanol–water partition coefficient (Wildman–Crippen LogP) is 1.37. The Morgan fingerprint density at radius 1 is 1.55 bits per heavy atom. The summed E-state index contributed by atoms with van der Waals surface area (Å²) in [7, 11) is 1.84. The first kappa shape index (κ1) is 15.1. The Morgan fingerprint density at radius 3 is 2.95 bits per heavy atom. The number of carbonyl (C=O) groups excluding carboxylic acids is 1. The van der Waals surface area contributed by atoms with Crippen LogP contribution in [0.2, 0.25) is 0 Å². The Bertz CT molecular complexity index is 511. The molecule has 0 fully saturated rings. The Hall–Kier alpha value is -1.34. The maximum absolute atomic E-state index is 12.2. The Labute approximate surface area is 123 Å². The number of hydrogen-bond acceptors (Lipinski definition) is 5. The number of carbonyl (C=O) groups is 1. The van der Waals surface area contributed by atoms with Gasteiger partial charge in [0.25, 0.3) is 0 Å². The molecule has 1 amide bonds. The van der Waals surface area contributed by atoms with Crippen LogP contribution in [0.1, 0.15) is 32.0 Å². The molecule has 0 unspecified atom stereocenters. The van der Waals surface area contributed by atoms with Gasteiger partial charge >= 0.3 is 0 Å². The molecule has 1 aliphatic rings. The van der Waals surface area contributed by atoms with Crippen LogP contribution in [0, 0.1) is 0 Å². The normalized spacial score (nSPS) is 14.4. The third kappa shape index (κ3) is 3.21. The zero-order chi connectivity index (χ0) is 14.5. The molecular weight excluding hydrogens is 274 g/mol. The summed E-state index contributed by atoms with van der Waals surface area (Å²) in [5.41, 5.74) is 6.75. The molecule has 0 aromatic carbocycles. The molecule has 110 valence electrons. The van der Waals surface area contributed by atoms with Crippen LogP contribution >= 0.6 is 11.8 Å². The third-order valence-corrected chi connectivity index (χ3v) is 4.39. The molecule has 1 aromatic heterocycles. The van der Waals surface area contributed by atoms with Crippen LogP contribution in [0.3, 0.4) is 0 Å². The SMILES string of the molecule is CCn1c(CN)nnc1SCC(=O)N(C)C1=CCCC1. The van der Waals surface area contributed by atoms with Crippen LogP contribution in [-0.2, 0) is 17.9 Å². The second-order valence-electron chi connectivity index (χ2n) is 4.68. The largest absolute Gasteiger partial charge is 0.324 e. The van der Waals surface area contributed by atoms with Crippen LogP contribution in [0.15, 0.2) is 16.9 Å². The van der Waals surface area contributed by atoms with Crippen LogP contribution in [-0.4, -0.2) is 38.4 Å². The van der Waals surface area contributed by atoms with Gasteiger partial charge in [-0.1, -0.05) is 17.8 Å². The standard InChI is InChI=1S/C13H21N5OS/c1-3-18-11(8-14)15-16-13(18)20-9-12(19)17(2)10-6-4-5-7-10/h6H,3-5,7-9,14H2,1-2H3. The van der Waals surface area contributed by atoms with Crippen molar-refractivity contribution < 1.29 is 4.79 Å². The van der Waals surface area contributed by atoms with Crippen molar-refractivity contribution >= 4 is 17.7 Å². The van der Waals surface area contributed by atoms with Gasteiger partial charge in [-0.15, -0.1) is 10.2 Å². The van der Waals surface area contributed by atoms with E-state index < -0.39 is 0 Å². The first-order valence-corrected chi connectivity index (χ1v) is 7.86. The van der Waals surface area contributed by atoms with Gasteiger partial charge in [0, 0.05) is 19.3 Å². The van der Waals surface area contributed by atoms with Gasteiger partial charge in [0.15, 0.2) is 5.16 Å². The van der Waals surface area contributed by atoms with E-state index in [4.69, 9.17) is 5.73 Å². The predicted molar refractivity (Wildman–Crippen MR) is 79.0 cm³/mol. The van der Waals surface area contributed by atoms with E-state index >= 15 is 0 Å². The van der Waals surface area contributed by atoms with E-state index in [1.165, 1.54) is 11.8 Å². The molecule has 0 aliphatic heterocycles. The number of aromatic nitrogens is 3.